The van der Waals surface area contributed by atoms with Crippen LogP contribution in [0.4, 0.5) is 0 Å². The molecule has 4 nitrogen and oxygen atoms in total. The maximum Gasteiger partial charge on any atom is 0.161 e. The van der Waals surface area contributed by atoms with Gasteiger partial charge in [0.15, 0.2) is 11.5 Å². The lowest BCUT2D eigenvalue weighted by Crippen LogP contribution is -2.18. The number of hydrogen-bond donors (Lipinski definition) is 1. The quantitative estimate of drug-likeness (QED) is 0.899. The number of benzene rings is 1. The molecule has 102 valence electrons. The molecule has 0 amide bonds. The van der Waals surface area contributed by atoms with Gasteiger partial charge in [0.1, 0.15) is 18.1 Å². The Balaban J connectivity index is 2.02. The summed E-state index contributed by atoms with van der Waals surface area (Å²) in [5, 5.41) is 0. The van der Waals surface area contributed by atoms with Gasteiger partial charge in [0.25, 0.3) is 0 Å². The highest BCUT2D eigenvalue weighted by Gasteiger charge is 2.12. The maximum atomic E-state index is 6.02. The van der Waals surface area contributed by atoms with Crippen molar-refractivity contribution >= 4 is 0 Å². The summed E-state index contributed by atoms with van der Waals surface area (Å²) >= 11 is 0. The summed E-state index contributed by atoms with van der Waals surface area (Å²) in [5.41, 5.74) is 7.14. The predicted molar refractivity (Wildman–Crippen MR) is 73.6 cm³/mol. The minimum atomic E-state index is -0.292. The maximum absolute atomic E-state index is 6.02. The van der Waals surface area contributed by atoms with Gasteiger partial charge in [-0.1, -0.05) is 6.07 Å². The minimum Gasteiger partial charge on any atom is -0.493 e. The zero-order valence-electron chi connectivity index (χ0n) is 11.5. The van der Waals surface area contributed by atoms with Crippen molar-refractivity contribution in [1.29, 1.82) is 0 Å². The highest BCUT2D eigenvalue weighted by Crippen LogP contribution is 2.28. The summed E-state index contributed by atoms with van der Waals surface area (Å²) in [6, 6.07) is 9.25. The van der Waals surface area contributed by atoms with E-state index >= 15 is 0 Å². The lowest BCUT2D eigenvalue weighted by atomic mass is 10.2. The number of hydrogen-bond acceptors (Lipinski definition) is 4. The molecule has 0 aliphatic rings. The molecule has 0 saturated heterocycles. The fourth-order valence-electron chi connectivity index (χ4n) is 1.81. The first-order chi connectivity index (χ1) is 9.10. The molecule has 0 fully saturated rings. The number of rotatable bonds is 5. The predicted octanol–water partition coefficient (Wildman–Crippen LogP) is 2.98. The molecule has 4 heteroatoms. The van der Waals surface area contributed by atoms with E-state index in [0.717, 1.165) is 17.1 Å². The molecule has 0 aliphatic heterocycles. The molecule has 1 aromatic carbocycles. The lowest BCUT2D eigenvalue weighted by Gasteiger charge is -2.14. The monoisotopic (exact) mass is 261 g/mol. The average molecular weight is 261 g/mol. The van der Waals surface area contributed by atoms with Crippen molar-refractivity contribution in [2.45, 2.75) is 19.9 Å². The molecule has 0 radical (unpaired) electrons. The van der Waals surface area contributed by atoms with Crippen molar-refractivity contribution in [3.05, 3.63) is 47.4 Å². The van der Waals surface area contributed by atoms with Gasteiger partial charge in [-0.3, -0.25) is 0 Å². The molecule has 0 saturated carbocycles. The van der Waals surface area contributed by atoms with E-state index in [1.54, 1.807) is 7.11 Å². The Hall–Kier alpha value is -1.94. The third-order valence-electron chi connectivity index (χ3n) is 2.86. The molecule has 1 atom stereocenters. The van der Waals surface area contributed by atoms with E-state index in [9.17, 15) is 0 Å². The molecule has 0 aliphatic carbocycles. The summed E-state index contributed by atoms with van der Waals surface area (Å²) in [6.07, 6.45) is 0. The number of nitrogens with two attached hydrogens (primary N) is 1. The molecule has 2 aromatic rings. The van der Waals surface area contributed by atoms with E-state index in [4.69, 9.17) is 19.6 Å². The van der Waals surface area contributed by atoms with Gasteiger partial charge in [0.05, 0.1) is 13.2 Å². The topological polar surface area (TPSA) is 57.6 Å². The van der Waals surface area contributed by atoms with Crippen LogP contribution in [-0.2, 0) is 0 Å². The van der Waals surface area contributed by atoms with E-state index in [-0.39, 0.29) is 6.04 Å². The third kappa shape index (κ3) is 3.29. The number of aryl methyl sites for hydroxylation is 2. The zero-order valence-corrected chi connectivity index (χ0v) is 11.5. The summed E-state index contributed by atoms with van der Waals surface area (Å²) in [5.74, 6) is 2.97. The average Bonchev–Trinajstić information content (AvgIpc) is 2.83. The van der Waals surface area contributed by atoms with E-state index < -0.39 is 0 Å². The van der Waals surface area contributed by atoms with Gasteiger partial charge in [-0.2, -0.15) is 0 Å². The van der Waals surface area contributed by atoms with Crippen molar-refractivity contribution < 1.29 is 13.9 Å². The number of methoxy groups -OCH3 is 1. The van der Waals surface area contributed by atoms with Gasteiger partial charge < -0.3 is 19.6 Å². The second-order valence-corrected chi connectivity index (χ2v) is 4.52. The minimum absolute atomic E-state index is 0.292. The molecular formula is C15H19NO3. The fourth-order valence-corrected chi connectivity index (χ4v) is 1.81. The Morgan fingerprint density at radius 1 is 1.16 bits per heavy atom. The molecule has 1 aromatic heterocycles. The van der Waals surface area contributed by atoms with Crippen LogP contribution in [0.1, 0.15) is 23.1 Å². The van der Waals surface area contributed by atoms with Crippen molar-refractivity contribution in [1.82, 2.24) is 0 Å². The van der Waals surface area contributed by atoms with Crippen molar-refractivity contribution in [2.24, 2.45) is 5.73 Å². The fraction of sp³-hybridized carbons (Fsp3) is 0.333. The van der Waals surface area contributed by atoms with Crippen LogP contribution in [0.3, 0.4) is 0 Å². The highest BCUT2D eigenvalue weighted by atomic mass is 16.5. The van der Waals surface area contributed by atoms with Crippen LogP contribution in [-0.4, -0.2) is 13.7 Å². The Morgan fingerprint density at radius 2 is 1.95 bits per heavy atom. The molecule has 1 heterocycles. The van der Waals surface area contributed by atoms with Gasteiger partial charge in [0.2, 0.25) is 0 Å². The van der Waals surface area contributed by atoms with Crippen LogP contribution in [0.5, 0.6) is 11.5 Å². The van der Waals surface area contributed by atoms with Crippen LogP contribution < -0.4 is 15.2 Å². The number of furan rings is 1. The summed E-state index contributed by atoms with van der Waals surface area (Å²) < 4.78 is 16.5. The largest absolute Gasteiger partial charge is 0.493 e. The lowest BCUT2D eigenvalue weighted by molar-refractivity contribution is 0.258. The van der Waals surface area contributed by atoms with Gasteiger partial charge >= 0.3 is 0 Å². The van der Waals surface area contributed by atoms with Gasteiger partial charge in [-0.05, 0) is 43.7 Å². The van der Waals surface area contributed by atoms with E-state index in [1.807, 2.05) is 44.2 Å². The van der Waals surface area contributed by atoms with Crippen LogP contribution in [0.25, 0.3) is 0 Å². The second kappa shape index (κ2) is 5.80. The highest BCUT2D eigenvalue weighted by molar-refractivity contribution is 5.42. The molecule has 19 heavy (non-hydrogen) atoms. The van der Waals surface area contributed by atoms with Crippen LogP contribution in [0, 0.1) is 13.8 Å². The Morgan fingerprint density at radius 3 is 2.58 bits per heavy atom. The summed E-state index contributed by atoms with van der Waals surface area (Å²) in [6.45, 7) is 4.23. The summed E-state index contributed by atoms with van der Waals surface area (Å²) in [4.78, 5) is 0. The first-order valence-electron chi connectivity index (χ1n) is 6.19. The summed E-state index contributed by atoms with van der Waals surface area (Å²) in [7, 11) is 1.62. The Kier molecular flexibility index (Phi) is 4.12. The van der Waals surface area contributed by atoms with Crippen molar-refractivity contribution in [3.63, 3.8) is 0 Å². The van der Waals surface area contributed by atoms with E-state index in [1.165, 1.54) is 0 Å². The molecule has 2 rings (SSSR count). The standard InChI is InChI=1S/C15H19NO3/c1-10-4-6-14(15(8-10)17-3)18-9-12(16)13-7-5-11(2)19-13/h4-8,12H,9,16H2,1-3H3. The van der Waals surface area contributed by atoms with Crippen LogP contribution in [0.15, 0.2) is 34.7 Å². The first kappa shape index (κ1) is 13.5. The Bertz CT molecular complexity index is 548. The molecule has 0 spiro atoms. The van der Waals surface area contributed by atoms with Crippen LogP contribution >= 0.6 is 0 Å². The van der Waals surface area contributed by atoms with E-state index in [2.05, 4.69) is 0 Å². The molecule has 1 unspecified atom stereocenters. The SMILES string of the molecule is COc1cc(C)ccc1OCC(N)c1ccc(C)o1. The van der Waals surface area contributed by atoms with Crippen LogP contribution in [0.2, 0.25) is 0 Å². The van der Waals surface area contributed by atoms with Gasteiger partial charge in [0, 0.05) is 0 Å². The molecular weight excluding hydrogens is 242 g/mol. The second-order valence-electron chi connectivity index (χ2n) is 4.52. The van der Waals surface area contributed by atoms with Crippen molar-refractivity contribution in [2.75, 3.05) is 13.7 Å². The zero-order chi connectivity index (χ0) is 13.8. The third-order valence-corrected chi connectivity index (χ3v) is 2.86. The smallest absolute Gasteiger partial charge is 0.161 e. The first-order valence-corrected chi connectivity index (χ1v) is 6.19. The molecule has 0 bridgehead atoms. The normalized spacial score (nSPS) is 12.2. The van der Waals surface area contributed by atoms with Gasteiger partial charge in [-0.15, -0.1) is 0 Å². The van der Waals surface area contributed by atoms with E-state index in [0.29, 0.717) is 18.1 Å². The molecule has 2 N–H and O–H groups in total. The Labute approximate surface area is 113 Å². The number of ether oxygens (including phenoxy) is 2. The van der Waals surface area contributed by atoms with Crippen molar-refractivity contribution in [3.8, 4) is 11.5 Å². The van der Waals surface area contributed by atoms with Gasteiger partial charge in [-0.25, -0.2) is 0 Å².